The molecule has 2 aromatic heterocycles. The molecule has 0 radical (unpaired) electrons. The number of hydrogen-bond donors (Lipinski definition) is 0. The minimum Gasteiger partial charge on any atom is -0.491 e. The van der Waals surface area contributed by atoms with Crippen molar-refractivity contribution in [1.29, 1.82) is 0 Å². The monoisotopic (exact) mass is 542 g/mol. The Morgan fingerprint density at radius 3 is 1.42 bits per heavy atom. The fourth-order valence-electron chi connectivity index (χ4n) is 3.07. The second-order valence-electron chi connectivity index (χ2n) is 7.61. The topological polar surface area (TPSA) is 35.0 Å². The smallest absolute Gasteiger partial charge is 0.437 e. The molecule has 2 heterocycles. The third-order valence-corrected chi connectivity index (χ3v) is 5.01. The maximum atomic E-state index is 14.1. The predicted octanol–water partition coefficient (Wildman–Crippen LogP) is 6.51. The highest BCUT2D eigenvalue weighted by Gasteiger charge is 2.83. The molecule has 0 aliphatic heterocycles. The molecule has 0 N–H and O–H groups in total. The second kappa shape index (κ2) is 11.1. The molecule has 0 amide bonds. The molecule has 3 rings (SSSR count). The molecular weight excluding hydrogens is 527 g/mol. The van der Waals surface area contributed by atoms with E-state index < -0.39 is 37.0 Å². The van der Waals surface area contributed by atoms with Gasteiger partial charge >= 0.3 is 23.9 Å². The average molecular weight is 542 g/mol. The Morgan fingerprint density at radius 2 is 1.03 bits per heavy atom. The lowest BCUT2D eigenvalue weighted by molar-refractivity contribution is -0.397. The number of hydrogen-bond acceptors (Lipinski definition) is 3. The summed E-state index contributed by atoms with van der Waals surface area (Å²) in [4.78, 5) is 7.65. The van der Waals surface area contributed by atoms with Crippen molar-refractivity contribution < 1.29 is 44.3 Å². The lowest BCUT2D eigenvalue weighted by Crippen LogP contribution is -2.64. The zero-order chi connectivity index (χ0) is 28.0. The third-order valence-electron chi connectivity index (χ3n) is 5.01. The summed E-state index contributed by atoms with van der Waals surface area (Å²) in [5.74, 6) is 4.69. The van der Waals surface area contributed by atoms with Crippen LogP contribution in [0.1, 0.15) is 28.7 Å². The zero-order valence-electron chi connectivity index (χ0n) is 19.0. The van der Waals surface area contributed by atoms with Crippen LogP contribution in [0.4, 0.5) is 39.5 Å². The molecule has 0 aliphatic carbocycles. The van der Waals surface area contributed by atoms with Crippen molar-refractivity contribution in [3.8, 4) is 29.4 Å². The fourth-order valence-corrected chi connectivity index (χ4v) is 3.07. The molecule has 0 saturated carbocycles. The van der Waals surface area contributed by atoms with Crippen LogP contribution in [0.5, 0.6) is 5.75 Å². The van der Waals surface area contributed by atoms with Crippen molar-refractivity contribution in [2.75, 3.05) is 6.61 Å². The molecule has 0 spiro atoms. The van der Waals surface area contributed by atoms with E-state index in [1.165, 1.54) is 43.0 Å². The standard InChI is InChI=1S/C26H15F9N2O/c27-23(28,24(29,25(30,31)32)26(33,34)35)12-17-38-22-20(6-4-18-8-13-36-14-9-18)2-1-3-21(22)7-5-19-10-15-37-16-11-19/h1-3,8-11,13-16H,12,17H2. The first-order chi connectivity index (χ1) is 17.8. The predicted molar refractivity (Wildman–Crippen MR) is 118 cm³/mol. The first-order valence-electron chi connectivity index (χ1n) is 10.6. The van der Waals surface area contributed by atoms with Gasteiger partial charge in [0, 0.05) is 42.3 Å². The molecule has 0 aliphatic rings. The Labute approximate surface area is 210 Å². The summed E-state index contributed by atoms with van der Waals surface area (Å²) in [7, 11) is 0. The minimum atomic E-state index is -6.93. The molecule has 0 atom stereocenters. The van der Waals surface area contributed by atoms with Crippen LogP contribution in [-0.2, 0) is 0 Å². The number of aromatic nitrogens is 2. The SMILES string of the molecule is FC(F)(F)C(F)(C(F)(F)F)C(F)(F)CCOc1c(C#Cc2ccncc2)cccc1C#Cc1ccncc1. The van der Waals surface area contributed by atoms with Gasteiger partial charge in [-0.25, -0.2) is 13.2 Å². The Kier molecular flexibility index (Phi) is 8.25. The van der Waals surface area contributed by atoms with Crippen LogP contribution in [-0.4, -0.2) is 40.5 Å². The number of alkyl halides is 9. The van der Waals surface area contributed by atoms with Gasteiger partial charge in [-0.1, -0.05) is 29.7 Å². The van der Waals surface area contributed by atoms with Crippen LogP contribution in [0.25, 0.3) is 0 Å². The van der Waals surface area contributed by atoms with E-state index >= 15 is 0 Å². The normalized spacial score (nSPS) is 12.1. The largest absolute Gasteiger partial charge is 0.491 e. The van der Waals surface area contributed by atoms with Crippen molar-refractivity contribution >= 4 is 0 Å². The molecule has 0 bridgehead atoms. The summed E-state index contributed by atoms with van der Waals surface area (Å²) in [5.41, 5.74) is -5.71. The quantitative estimate of drug-likeness (QED) is 0.272. The lowest BCUT2D eigenvalue weighted by atomic mass is 9.93. The van der Waals surface area contributed by atoms with Gasteiger partial charge in [-0.2, -0.15) is 26.3 Å². The average Bonchev–Trinajstić information content (AvgIpc) is 2.86. The van der Waals surface area contributed by atoms with E-state index in [1.807, 2.05) is 0 Å². The van der Waals surface area contributed by atoms with Crippen molar-refractivity contribution in [3.05, 3.63) is 89.5 Å². The fraction of sp³-hybridized carbons (Fsp3) is 0.231. The van der Waals surface area contributed by atoms with Gasteiger partial charge in [0.1, 0.15) is 0 Å². The summed E-state index contributed by atoms with van der Waals surface area (Å²) in [6.07, 6.45) is -10.3. The summed E-state index contributed by atoms with van der Waals surface area (Å²) >= 11 is 0. The van der Waals surface area contributed by atoms with E-state index in [2.05, 4.69) is 33.6 Å². The van der Waals surface area contributed by atoms with Crippen LogP contribution >= 0.6 is 0 Å². The number of pyridine rings is 2. The van der Waals surface area contributed by atoms with Crippen molar-refractivity contribution in [1.82, 2.24) is 9.97 Å². The first kappa shape index (κ1) is 28.4. The Bertz CT molecular complexity index is 1280. The van der Waals surface area contributed by atoms with Crippen LogP contribution in [0.3, 0.4) is 0 Å². The summed E-state index contributed by atoms with van der Waals surface area (Å²) in [6.45, 7) is -1.41. The maximum absolute atomic E-state index is 14.1. The van der Waals surface area contributed by atoms with Gasteiger partial charge in [-0.3, -0.25) is 9.97 Å². The van der Waals surface area contributed by atoms with Crippen LogP contribution in [0.15, 0.2) is 67.3 Å². The van der Waals surface area contributed by atoms with E-state index in [4.69, 9.17) is 4.74 Å². The highest BCUT2D eigenvalue weighted by Crippen LogP contribution is 2.55. The summed E-state index contributed by atoms with van der Waals surface area (Å²) in [6, 6.07) is 10.4. The molecular formula is C26H15F9N2O. The number of rotatable bonds is 5. The number of para-hydroxylation sites is 1. The first-order valence-corrected chi connectivity index (χ1v) is 10.6. The molecule has 38 heavy (non-hydrogen) atoms. The van der Waals surface area contributed by atoms with E-state index in [9.17, 15) is 39.5 Å². The molecule has 0 fully saturated rings. The Balaban J connectivity index is 1.96. The molecule has 0 saturated heterocycles. The van der Waals surface area contributed by atoms with E-state index in [0.29, 0.717) is 11.1 Å². The van der Waals surface area contributed by atoms with E-state index in [1.54, 1.807) is 24.3 Å². The molecule has 0 unspecified atom stereocenters. The van der Waals surface area contributed by atoms with Gasteiger partial charge in [-0.05, 0) is 36.4 Å². The maximum Gasteiger partial charge on any atom is 0.437 e. The molecule has 198 valence electrons. The van der Waals surface area contributed by atoms with Gasteiger partial charge in [-0.15, -0.1) is 0 Å². The number of nitrogens with zero attached hydrogens (tertiary/aromatic N) is 2. The second-order valence-corrected chi connectivity index (χ2v) is 7.61. The molecule has 1 aromatic carbocycles. The van der Waals surface area contributed by atoms with Crippen LogP contribution in [0.2, 0.25) is 0 Å². The van der Waals surface area contributed by atoms with Crippen LogP contribution in [0, 0.1) is 23.7 Å². The lowest BCUT2D eigenvalue weighted by Gasteiger charge is -2.36. The van der Waals surface area contributed by atoms with E-state index in [0.717, 1.165) is 0 Å². The summed E-state index contributed by atoms with van der Waals surface area (Å²) in [5, 5.41) is 0. The zero-order valence-corrected chi connectivity index (χ0v) is 19.0. The van der Waals surface area contributed by atoms with Crippen LogP contribution < -0.4 is 4.74 Å². The molecule has 12 heteroatoms. The molecule has 3 aromatic rings. The van der Waals surface area contributed by atoms with Gasteiger partial charge in [0.2, 0.25) is 0 Å². The highest BCUT2D eigenvalue weighted by molar-refractivity contribution is 5.59. The Hall–Kier alpha value is -4.19. The van der Waals surface area contributed by atoms with Gasteiger partial charge in [0.15, 0.2) is 5.75 Å². The van der Waals surface area contributed by atoms with Gasteiger partial charge in [0.05, 0.1) is 17.7 Å². The number of halogens is 9. The third kappa shape index (κ3) is 6.20. The highest BCUT2D eigenvalue weighted by atomic mass is 19.4. The van der Waals surface area contributed by atoms with Gasteiger partial charge < -0.3 is 4.74 Å². The molecule has 3 nitrogen and oxygen atoms in total. The Morgan fingerprint density at radius 1 is 0.605 bits per heavy atom. The van der Waals surface area contributed by atoms with Crippen molar-refractivity contribution in [2.24, 2.45) is 0 Å². The minimum absolute atomic E-state index is 0.0461. The van der Waals surface area contributed by atoms with E-state index in [-0.39, 0.29) is 16.9 Å². The summed E-state index contributed by atoms with van der Waals surface area (Å²) < 4.78 is 124. The van der Waals surface area contributed by atoms with Crippen molar-refractivity contribution in [3.63, 3.8) is 0 Å². The van der Waals surface area contributed by atoms with Gasteiger partial charge in [0.25, 0.3) is 0 Å². The van der Waals surface area contributed by atoms with Crippen molar-refractivity contribution in [2.45, 2.75) is 30.4 Å². The number of ether oxygens (including phenoxy) is 1. The number of benzene rings is 1.